The Hall–Kier alpha value is -2.66. The Morgan fingerprint density at radius 1 is 1.12 bits per heavy atom. The SMILES string of the molecule is CCCc1ccc(-c2ccccc2C(=O)N2CCC(O)C2C(=O)O)cc1. The lowest BCUT2D eigenvalue weighted by Gasteiger charge is -2.24. The summed E-state index contributed by atoms with van der Waals surface area (Å²) in [4.78, 5) is 25.7. The molecule has 26 heavy (non-hydrogen) atoms. The number of carbonyl (C=O) groups is 2. The molecule has 2 aromatic rings. The van der Waals surface area contributed by atoms with Gasteiger partial charge >= 0.3 is 5.97 Å². The van der Waals surface area contributed by atoms with E-state index >= 15 is 0 Å². The Kier molecular flexibility index (Phi) is 5.38. The number of carboxylic acids is 1. The van der Waals surface area contributed by atoms with E-state index in [0.717, 1.165) is 24.0 Å². The van der Waals surface area contributed by atoms with Crippen molar-refractivity contribution in [3.63, 3.8) is 0 Å². The first kappa shape index (κ1) is 18.1. The zero-order chi connectivity index (χ0) is 18.7. The van der Waals surface area contributed by atoms with Gasteiger partial charge in [0.1, 0.15) is 0 Å². The van der Waals surface area contributed by atoms with Crippen molar-refractivity contribution in [3.8, 4) is 11.1 Å². The molecular weight excluding hydrogens is 330 g/mol. The van der Waals surface area contributed by atoms with Crippen molar-refractivity contribution in [2.24, 2.45) is 0 Å². The van der Waals surface area contributed by atoms with Crippen molar-refractivity contribution >= 4 is 11.9 Å². The van der Waals surface area contributed by atoms with Crippen LogP contribution in [0.1, 0.15) is 35.7 Å². The molecular formula is C21H23NO4. The van der Waals surface area contributed by atoms with Gasteiger partial charge in [-0.15, -0.1) is 0 Å². The number of hydrogen-bond donors (Lipinski definition) is 2. The summed E-state index contributed by atoms with van der Waals surface area (Å²) < 4.78 is 0. The molecule has 3 rings (SSSR count). The summed E-state index contributed by atoms with van der Waals surface area (Å²) in [6.07, 6.45) is 1.32. The first-order chi connectivity index (χ1) is 12.5. The average Bonchev–Trinajstić information content (AvgIpc) is 3.04. The van der Waals surface area contributed by atoms with Crippen LogP contribution in [0.25, 0.3) is 11.1 Å². The van der Waals surface area contributed by atoms with Crippen molar-refractivity contribution in [1.82, 2.24) is 4.90 Å². The number of nitrogens with zero attached hydrogens (tertiary/aromatic N) is 1. The van der Waals surface area contributed by atoms with E-state index in [1.165, 1.54) is 10.5 Å². The molecule has 5 heteroatoms. The van der Waals surface area contributed by atoms with Gasteiger partial charge in [0.2, 0.25) is 0 Å². The monoisotopic (exact) mass is 353 g/mol. The molecule has 0 radical (unpaired) electrons. The molecule has 2 N–H and O–H groups in total. The summed E-state index contributed by atoms with van der Waals surface area (Å²) in [5.74, 6) is -1.54. The minimum absolute atomic E-state index is 0.237. The first-order valence-electron chi connectivity index (χ1n) is 8.93. The van der Waals surface area contributed by atoms with Gasteiger partial charge in [-0.2, -0.15) is 0 Å². The quantitative estimate of drug-likeness (QED) is 0.866. The van der Waals surface area contributed by atoms with E-state index in [-0.39, 0.29) is 18.9 Å². The summed E-state index contributed by atoms with van der Waals surface area (Å²) in [5.41, 5.74) is 3.39. The van der Waals surface area contributed by atoms with Gasteiger partial charge in [-0.3, -0.25) is 4.79 Å². The molecule has 0 spiro atoms. The Morgan fingerprint density at radius 2 is 1.81 bits per heavy atom. The van der Waals surface area contributed by atoms with E-state index < -0.39 is 18.1 Å². The number of aliphatic hydroxyl groups is 1. The average molecular weight is 353 g/mol. The maximum Gasteiger partial charge on any atom is 0.329 e. The number of hydrogen-bond acceptors (Lipinski definition) is 3. The summed E-state index contributed by atoms with van der Waals surface area (Å²) in [6, 6.07) is 14.1. The fraction of sp³-hybridized carbons (Fsp3) is 0.333. The highest BCUT2D eigenvalue weighted by atomic mass is 16.4. The lowest BCUT2D eigenvalue weighted by atomic mass is 9.97. The van der Waals surface area contributed by atoms with E-state index in [2.05, 4.69) is 19.1 Å². The third-order valence-electron chi connectivity index (χ3n) is 4.84. The lowest BCUT2D eigenvalue weighted by molar-refractivity contribution is -0.144. The van der Waals surface area contributed by atoms with Gasteiger partial charge in [-0.1, -0.05) is 55.8 Å². The molecule has 0 aromatic heterocycles. The molecule has 2 aromatic carbocycles. The first-order valence-corrected chi connectivity index (χ1v) is 8.93. The molecule has 2 unspecified atom stereocenters. The molecule has 1 aliphatic heterocycles. The summed E-state index contributed by atoms with van der Waals surface area (Å²) >= 11 is 0. The van der Waals surface area contributed by atoms with E-state index in [9.17, 15) is 19.8 Å². The number of aryl methyl sites for hydroxylation is 1. The predicted molar refractivity (Wildman–Crippen MR) is 99.0 cm³/mol. The molecule has 0 aliphatic carbocycles. The summed E-state index contributed by atoms with van der Waals surface area (Å²) in [7, 11) is 0. The standard InChI is InChI=1S/C21H23NO4/c1-2-5-14-8-10-15(11-9-14)16-6-3-4-7-17(16)20(24)22-13-12-18(23)19(22)21(25)26/h3-4,6-11,18-19,23H,2,5,12-13H2,1H3,(H,25,26). The molecule has 1 saturated heterocycles. The Balaban J connectivity index is 1.94. The van der Waals surface area contributed by atoms with Crippen molar-refractivity contribution in [2.45, 2.75) is 38.3 Å². The van der Waals surface area contributed by atoms with E-state index in [0.29, 0.717) is 5.56 Å². The highest BCUT2D eigenvalue weighted by Gasteiger charge is 2.41. The van der Waals surface area contributed by atoms with E-state index in [1.807, 2.05) is 24.3 Å². The van der Waals surface area contributed by atoms with Gasteiger partial charge in [-0.25, -0.2) is 4.79 Å². The summed E-state index contributed by atoms with van der Waals surface area (Å²) in [6.45, 7) is 2.37. The molecule has 1 aliphatic rings. The number of aliphatic carboxylic acids is 1. The molecule has 0 saturated carbocycles. The number of carbonyl (C=O) groups excluding carboxylic acids is 1. The lowest BCUT2D eigenvalue weighted by Crippen LogP contribution is -2.45. The van der Waals surface area contributed by atoms with Crippen LogP contribution in [-0.2, 0) is 11.2 Å². The molecule has 0 bridgehead atoms. The van der Waals surface area contributed by atoms with Crippen LogP contribution in [0, 0.1) is 0 Å². The summed E-state index contributed by atoms with van der Waals surface area (Å²) in [5, 5.41) is 19.3. The minimum Gasteiger partial charge on any atom is -0.480 e. The minimum atomic E-state index is -1.19. The Bertz CT molecular complexity index is 800. The van der Waals surface area contributed by atoms with E-state index in [4.69, 9.17) is 0 Å². The normalized spacial score (nSPS) is 19.5. The van der Waals surface area contributed by atoms with Crippen LogP contribution < -0.4 is 0 Å². The smallest absolute Gasteiger partial charge is 0.329 e. The zero-order valence-electron chi connectivity index (χ0n) is 14.8. The highest BCUT2D eigenvalue weighted by Crippen LogP contribution is 2.28. The van der Waals surface area contributed by atoms with Gasteiger partial charge in [0.05, 0.1) is 6.10 Å². The van der Waals surface area contributed by atoms with Crippen molar-refractivity contribution in [3.05, 3.63) is 59.7 Å². The van der Waals surface area contributed by atoms with Gasteiger partial charge in [0.15, 0.2) is 6.04 Å². The zero-order valence-corrected chi connectivity index (χ0v) is 14.8. The Morgan fingerprint density at radius 3 is 2.46 bits per heavy atom. The van der Waals surface area contributed by atoms with Crippen LogP contribution in [0.5, 0.6) is 0 Å². The second-order valence-corrected chi connectivity index (χ2v) is 6.63. The van der Waals surface area contributed by atoms with Gasteiger partial charge in [-0.05, 0) is 35.6 Å². The number of carboxylic acid groups (broad SMARTS) is 1. The molecule has 5 nitrogen and oxygen atoms in total. The largest absolute Gasteiger partial charge is 0.480 e. The number of aliphatic hydroxyl groups excluding tert-OH is 1. The number of rotatable bonds is 5. The van der Waals surface area contributed by atoms with Gasteiger partial charge < -0.3 is 15.1 Å². The third kappa shape index (κ3) is 3.48. The van der Waals surface area contributed by atoms with Crippen LogP contribution in [0.15, 0.2) is 48.5 Å². The van der Waals surface area contributed by atoms with Crippen molar-refractivity contribution in [2.75, 3.05) is 6.54 Å². The number of benzene rings is 2. The van der Waals surface area contributed by atoms with Crippen molar-refractivity contribution in [1.29, 1.82) is 0 Å². The maximum atomic E-state index is 13.0. The molecule has 2 atom stereocenters. The molecule has 1 heterocycles. The van der Waals surface area contributed by atoms with Crippen molar-refractivity contribution < 1.29 is 19.8 Å². The number of amides is 1. The van der Waals surface area contributed by atoms with Gasteiger partial charge in [0, 0.05) is 12.1 Å². The fourth-order valence-corrected chi connectivity index (χ4v) is 3.52. The molecule has 1 fully saturated rings. The van der Waals surface area contributed by atoms with Crippen LogP contribution in [-0.4, -0.2) is 45.7 Å². The highest BCUT2D eigenvalue weighted by molar-refractivity contribution is 6.02. The second kappa shape index (κ2) is 7.70. The molecule has 1 amide bonds. The van der Waals surface area contributed by atoms with Gasteiger partial charge in [0.25, 0.3) is 5.91 Å². The predicted octanol–water partition coefficient (Wildman–Crippen LogP) is 2.97. The van der Waals surface area contributed by atoms with Crippen LogP contribution in [0.3, 0.4) is 0 Å². The van der Waals surface area contributed by atoms with Crippen LogP contribution in [0.2, 0.25) is 0 Å². The molecule has 136 valence electrons. The topological polar surface area (TPSA) is 77.8 Å². The third-order valence-corrected chi connectivity index (χ3v) is 4.84. The fourth-order valence-electron chi connectivity index (χ4n) is 3.52. The van der Waals surface area contributed by atoms with Crippen LogP contribution in [0.4, 0.5) is 0 Å². The number of likely N-dealkylation sites (tertiary alicyclic amines) is 1. The maximum absolute atomic E-state index is 13.0. The second-order valence-electron chi connectivity index (χ2n) is 6.63. The van der Waals surface area contributed by atoms with E-state index in [1.54, 1.807) is 12.1 Å². The Labute approximate surface area is 152 Å². The van der Waals surface area contributed by atoms with Crippen LogP contribution >= 0.6 is 0 Å².